The Bertz CT molecular complexity index is 828. The van der Waals surface area contributed by atoms with Crippen molar-refractivity contribution in [2.75, 3.05) is 6.61 Å². The fraction of sp³-hybridized carbons (Fsp3) is 0.190. The maximum Gasteiger partial charge on any atom is 0.124 e. The Hall–Kier alpha value is -2.65. The van der Waals surface area contributed by atoms with Gasteiger partial charge in [-0.15, -0.1) is 0 Å². The van der Waals surface area contributed by atoms with E-state index in [9.17, 15) is 0 Å². The van der Waals surface area contributed by atoms with Crippen LogP contribution in [0.1, 0.15) is 18.1 Å². The minimum Gasteiger partial charge on any atom is -0.489 e. The third kappa shape index (κ3) is 4.00. The van der Waals surface area contributed by atoms with E-state index in [0.717, 1.165) is 24.4 Å². The lowest BCUT2D eigenvalue weighted by Gasteiger charge is -2.15. The number of aromatic nitrogens is 1. The first-order valence-corrected chi connectivity index (χ1v) is 8.11. The van der Waals surface area contributed by atoms with Crippen LogP contribution in [0.5, 0.6) is 5.75 Å². The highest BCUT2D eigenvalue weighted by molar-refractivity contribution is 5.87. The van der Waals surface area contributed by atoms with E-state index in [1.807, 2.05) is 25.3 Å². The lowest BCUT2D eigenvalue weighted by atomic mass is 10.0. The summed E-state index contributed by atoms with van der Waals surface area (Å²) in [6, 6.07) is 16.6. The highest BCUT2D eigenvalue weighted by Gasteiger charge is 2.09. The summed E-state index contributed by atoms with van der Waals surface area (Å²) in [5, 5.41) is 5.93. The van der Waals surface area contributed by atoms with Crippen molar-refractivity contribution in [3.8, 4) is 5.75 Å². The molecule has 1 N–H and O–H groups in total. The monoisotopic (exact) mass is 318 g/mol. The number of nitrogens with zero attached hydrogens (tertiary/aromatic N) is 1. The van der Waals surface area contributed by atoms with E-state index in [1.165, 1.54) is 21.9 Å². The van der Waals surface area contributed by atoms with Gasteiger partial charge in [0, 0.05) is 31.0 Å². The fourth-order valence-corrected chi connectivity index (χ4v) is 2.67. The van der Waals surface area contributed by atoms with Gasteiger partial charge < -0.3 is 10.1 Å². The van der Waals surface area contributed by atoms with Gasteiger partial charge in [-0.25, -0.2) is 0 Å². The molecule has 1 aromatic heterocycles. The van der Waals surface area contributed by atoms with Gasteiger partial charge in [0.25, 0.3) is 0 Å². The van der Waals surface area contributed by atoms with Crippen molar-refractivity contribution < 1.29 is 4.74 Å². The molecular formula is C21H22N2O. The van der Waals surface area contributed by atoms with Crippen LogP contribution in [0.15, 0.2) is 73.1 Å². The van der Waals surface area contributed by atoms with Crippen molar-refractivity contribution in [1.29, 1.82) is 0 Å². The molecule has 0 saturated heterocycles. The molecule has 1 heterocycles. The predicted molar refractivity (Wildman–Crippen MR) is 99.0 cm³/mol. The molecule has 3 aromatic rings. The highest BCUT2D eigenvalue weighted by atomic mass is 16.5. The number of rotatable bonds is 7. The van der Waals surface area contributed by atoms with E-state index in [4.69, 9.17) is 4.74 Å². The van der Waals surface area contributed by atoms with Crippen molar-refractivity contribution in [2.45, 2.75) is 20.0 Å². The second-order valence-electron chi connectivity index (χ2n) is 5.97. The zero-order chi connectivity index (χ0) is 16.8. The molecule has 3 heteroatoms. The molecule has 0 aliphatic heterocycles. The Balaban J connectivity index is 1.82. The Kier molecular flexibility index (Phi) is 5.24. The van der Waals surface area contributed by atoms with Gasteiger partial charge in [-0.05, 0) is 41.0 Å². The van der Waals surface area contributed by atoms with Gasteiger partial charge in [-0.1, -0.05) is 43.0 Å². The zero-order valence-electron chi connectivity index (χ0n) is 14.0. The van der Waals surface area contributed by atoms with Gasteiger partial charge in [-0.2, -0.15) is 0 Å². The van der Waals surface area contributed by atoms with Gasteiger partial charge >= 0.3 is 0 Å². The van der Waals surface area contributed by atoms with E-state index in [2.05, 4.69) is 53.3 Å². The Morgan fingerprint density at radius 1 is 1.08 bits per heavy atom. The van der Waals surface area contributed by atoms with Crippen LogP contribution in [0, 0.1) is 0 Å². The lowest BCUT2D eigenvalue weighted by molar-refractivity contribution is 0.348. The summed E-state index contributed by atoms with van der Waals surface area (Å²) in [6.07, 6.45) is 3.67. The maximum atomic E-state index is 5.96. The molecule has 0 aliphatic carbocycles. The fourth-order valence-electron chi connectivity index (χ4n) is 2.67. The van der Waals surface area contributed by atoms with Crippen molar-refractivity contribution in [1.82, 2.24) is 10.3 Å². The third-order valence-corrected chi connectivity index (χ3v) is 3.83. The normalized spacial score (nSPS) is 10.7. The van der Waals surface area contributed by atoms with E-state index < -0.39 is 0 Å². The van der Waals surface area contributed by atoms with Crippen molar-refractivity contribution >= 4 is 10.8 Å². The number of hydrogen-bond donors (Lipinski definition) is 1. The molecule has 0 spiro atoms. The van der Waals surface area contributed by atoms with Crippen LogP contribution in [0.4, 0.5) is 0 Å². The van der Waals surface area contributed by atoms with Gasteiger partial charge in [0.15, 0.2) is 0 Å². The summed E-state index contributed by atoms with van der Waals surface area (Å²) in [4.78, 5) is 4.15. The van der Waals surface area contributed by atoms with Gasteiger partial charge in [-0.3, -0.25) is 4.98 Å². The minimum absolute atomic E-state index is 0.536. The Morgan fingerprint density at radius 2 is 1.96 bits per heavy atom. The Labute approximate surface area is 143 Å². The van der Waals surface area contributed by atoms with Crippen molar-refractivity contribution in [3.63, 3.8) is 0 Å². The first kappa shape index (κ1) is 16.2. The lowest BCUT2D eigenvalue weighted by Crippen LogP contribution is -2.14. The second kappa shape index (κ2) is 7.75. The third-order valence-electron chi connectivity index (χ3n) is 3.83. The van der Waals surface area contributed by atoms with Gasteiger partial charge in [0.05, 0.1) is 0 Å². The summed E-state index contributed by atoms with van der Waals surface area (Å²) in [7, 11) is 0. The molecule has 0 atom stereocenters. The van der Waals surface area contributed by atoms with E-state index in [-0.39, 0.29) is 0 Å². The van der Waals surface area contributed by atoms with Crippen LogP contribution in [-0.2, 0) is 13.1 Å². The highest BCUT2D eigenvalue weighted by Crippen LogP contribution is 2.28. The van der Waals surface area contributed by atoms with E-state index >= 15 is 0 Å². The molecule has 0 fully saturated rings. The average molecular weight is 318 g/mol. The smallest absolute Gasteiger partial charge is 0.124 e. The number of pyridine rings is 1. The molecule has 122 valence electrons. The van der Waals surface area contributed by atoms with E-state index in [0.29, 0.717) is 6.61 Å². The Morgan fingerprint density at radius 3 is 2.75 bits per heavy atom. The summed E-state index contributed by atoms with van der Waals surface area (Å²) >= 11 is 0. The average Bonchev–Trinajstić information content (AvgIpc) is 2.61. The summed E-state index contributed by atoms with van der Waals surface area (Å²) in [5.41, 5.74) is 3.36. The molecule has 24 heavy (non-hydrogen) atoms. The van der Waals surface area contributed by atoms with Gasteiger partial charge in [0.2, 0.25) is 0 Å². The zero-order valence-corrected chi connectivity index (χ0v) is 14.0. The standard InChI is InChI=1S/C21H22N2O/c1-16(2)15-24-21-10-9-18-7-3-4-8-19(18)20(21)14-23-13-17-6-5-11-22-12-17/h3-12,23H,1,13-15H2,2H3. The first-order valence-electron chi connectivity index (χ1n) is 8.11. The van der Waals surface area contributed by atoms with Crippen molar-refractivity contribution in [2.24, 2.45) is 0 Å². The molecule has 0 unspecified atom stereocenters. The van der Waals surface area contributed by atoms with Crippen molar-refractivity contribution in [3.05, 3.63) is 84.2 Å². The molecule has 3 rings (SSSR count). The van der Waals surface area contributed by atoms with Crippen LogP contribution in [0.25, 0.3) is 10.8 Å². The number of ether oxygens (including phenoxy) is 1. The first-order chi connectivity index (χ1) is 11.7. The molecule has 0 radical (unpaired) electrons. The molecule has 0 saturated carbocycles. The molecular weight excluding hydrogens is 296 g/mol. The topological polar surface area (TPSA) is 34.1 Å². The van der Waals surface area contributed by atoms with Crippen LogP contribution in [0.3, 0.4) is 0 Å². The summed E-state index contributed by atoms with van der Waals surface area (Å²) < 4.78 is 5.96. The second-order valence-corrected chi connectivity index (χ2v) is 5.97. The van der Waals surface area contributed by atoms with E-state index in [1.54, 1.807) is 6.20 Å². The molecule has 0 aliphatic rings. The largest absolute Gasteiger partial charge is 0.489 e. The number of hydrogen-bond acceptors (Lipinski definition) is 3. The number of benzene rings is 2. The molecule has 0 amide bonds. The minimum atomic E-state index is 0.536. The number of nitrogens with one attached hydrogen (secondary N) is 1. The molecule has 0 bridgehead atoms. The van der Waals surface area contributed by atoms with Crippen LogP contribution in [-0.4, -0.2) is 11.6 Å². The van der Waals surface area contributed by atoms with Gasteiger partial charge in [0.1, 0.15) is 12.4 Å². The summed E-state index contributed by atoms with van der Waals surface area (Å²) in [5.74, 6) is 0.912. The molecule has 3 nitrogen and oxygen atoms in total. The predicted octanol–water partition coefficient (Wildman–Crippen LogP) is 4.48. The maximum absolute atomic E-state index is 5.96. The summed E-state index contributed by atoms with van der Waals surface area (Å²) in [6.45, 7) is 7.94. The van der Waals surface area contributed by atoms with Crippen LogP contribution >= 0.6 is 0 Å². The number of fused-ring (bicyclic) bond motifs is 1. The van der Waals surface area contributed by atoms with Crippen LogP contribution < -0.4 is 10.1 Å². The van der Waals surface area contributed by atoms with Crippen LogP contribution in [0.2, 0.25) is 0 Å². The SMILES string of the molecule is C=C(C)COc1ccc2ccccc2c1CNCc1cccnc1. The quantitative estimate of drug-likeness (QED) is 0.652. The molecule has 2 aromatic carbocycles.